The number of carbonyl (C=O) groups is 2. The number of halogens is 1. The highest BCUT2D eigenvalue weighted by Crippen LogP contribution is 2.23. The van der Waals surface area contributed by atoms with Gasteiger partial charge in [-0.3, -0.25) is 13.9 Å². The molecule has 2 aromatic rings. The molecule has 10 heteroatoms. The van der Waals surface area contributed by atoms with Gasteiger partial charge in [0, 0.05) is 31.6 Å². The van der Waals surface area contributed by atoms with Crippen molar-refractivity contribution in [3.05, 3.63) is 59.9 Å². The lowest BCUT2D eigenvalue weighted by molar-refractivity contribution is -0.140. The van der Waals surface area contributed by atoms with E-state index in [1.165, 1.54) is 15.3 Å². The Hall–Kier alpha value is -3.14. The molecule has 0 aliphatic heterocycles. The smallest absolute Gasteiger partial charge is 0.242 e. The number of hydrogen-bond acceptors (Lipinski definition) is 5. The zero-order valence-corrected chi connectivity index (χ0v) is 23.1. The van der Waals surface area contributed by atoms with Crippen LogP contribution in [0.15, 0.2) is 48.5 Å². The standard InChI is InChI=1S/C27H38FN3O5S/c1-6-36-24-15-13-23(14-16-24)31(37(5,34)35)17-9-12-26(32)30(19-22-10-7-8-11-25(22)28)21(4)27(33)29-18-20(2)3/h7-8,10-11,13-16,20-21H,6,9,12,17-19H2,1-5H3,(H,29,33)/t21-/m0/s1. The molecule has 0 aliphatic carbocycles. The highest BCUT2D eigenvalue weighted by molar-refractivity contribution is 7.92. The van der Waals surface area contributed by atoms with E-state index in [1.54, 1.807) is 49.4 Å². The number of carbonyl (C=O) groups excluding carboxylic acids is 2. The first-order valence-electron chi connectivity index (χ1n) is 12.4. The molecule has 37 heavy (non-hydrogen) atoms. The minimum Gasteiger partial charge on any atom is -0.494 e. The summed E-state index contributed by atoms with van der Waals surface area (Å²) in [5.41, 5.74) is 0.759. The molecule has 8 nitrogen and oxygen atoms in total. The molecule has 0 heterocycles. The Labute approximate surface area is 219 Å². The molecule has 2 rings (SSSR count). The number of rotatable bonds is 14. The van der Waals surface area contributed by atoms with E-state index in [-0.39, 0.29) is 43.7 Å². The summed E-state index contributed by atoms with van der Waals surface area (Å²) in [6.45, 7) is 8.34. The summed E-state index contributed by atoms with van der Waals surface area (Å²) in [4.78, 5) is 27.4. The van der Waals surface area contributed by atoms with E-state index in [0.29, 0.717) is 30.2 Å². The second-order valence-corrected chi connectivity index (χ2v) is 11.2. The van der Waals surface area contributed by atoms with Gasteiger partial charge in [-0.05, 0) is 56.5 Å². The fourth-order valence-electron chi connectivity index (χ4n) is 3.72. The first-order chi connectivity index (χ1) is 17.4. The Morgan fingerprint density at radius 1 is 1.05 bits per heavy atom. The largest absolute Gasteiger partial charge is 0.494 e. The van der Waals surface area contributed by atoms with E-state index in [2.05, 4.69) is 5.32 Å². The summed E-state index contributed by atoms with van der Waals surface area (Å²) in [5, 5.41) is 2.82. The summed E-state index contributed by atoms with van der Waals surface area (Å²) in [7, 11) is -3.61. The number of hydrogen-bond donors (Lipinski definition) is 1. The Kier molecular flexibility index (Phi) is 11.4. The van der Waals surface area contributed by atoms with Crippen LogP contribution in [-0.4, -0.2) is 57.1 Å². The third kappa shape index (κ3) is 9.35. The fraction of sp³-hybridized carbons (Fsp3) is 0.481. The fourth-order valence-corrected chi connectivity index (χ4v) is 4.69. The van der Waals surface area contributed by atoms with Crippen LogP contribution < -0.4 is 14.4 Å². The molecule has 0 aromatic heterocycles. The molecule has 0 spiro atoms. The van der Waals surface area contributed by atoms with Crippen molar-refractivity contribution in [3.63, 3.8) is 0 Å². The van der Waals surface area contributed by atoms with Crippen molar-refractivity contribution < 1.29 is 27.1 Å². The molecule has 0 radical (unpaired) electrons. The minimum absolute atomic E-state index is 0.0146. The van der Waals surface area contributed by atoms with Gasteiger partial charge in [0.05, 0.1) is 18.6 Å². The molecular weight excluding hydrogens is 497 g/mol. The van der Waals surface area contributed by atoms with Gasteiger partial charge in [0.25, 0.3) is 0 Å². The summed E-state index contributed by atoms with van der Waals surface area (Å²) in [6.07, 6.45) is 1.31. The SMILES string of the molecule is CCOc1ccc(N(CCCC(=O)N(Cc2ccccc2F)[C@@H](C)C(=O)NCC(C)C)S(C)(=O)=O)cc1. The normalized spacial score (nSPS) is 12.2. The number of nitrogens with zero attached hydrogens (tertiary/aromatic N) is 2. The van der Waals surface area contributed by atoms with Gasteiger partial charge < -0.3 is 15.0 Å². The van der Waals surface area contributed by atoms with Crippen LogP contribution in [0.5, 0.6) is 5.75 Å². The number of benzene rings is 2. The minimum atomic E-state index is -3.61. The monoisotopic (exact) mass is 535 g/mol. The predicted octanol–water partition coefficient (Wildman–Crippen LogP) is 3.96. The molecule has 0 bridgehead atoms. The van der Waals surface area contributed by atoms with Crippen LogP contribution in [0.1, 0.15) is 46.1 Å². The average molecular weight is 536 g/mol. The average Bonchev–Trinajstić information content (AvgIpc) is 2.84. The lowest BCUT2D eigenvalue weighted by Crippen LogP contribution is -2.48. The summed E-state index contributed by atoms with van der Waals surface area (Å²) in [6, 6.07) is 12.0. The topological polar surface area (TPSA) is 96.0 Å². The van der Waals surface area contributed by atoms with Crippen molar-refractivity contribution in [3.8, 4) is 5.75 Å². The lowest BCUT2D eigenvalue weighted by atomic mass is 10.1. The third-order valence-electron chi connectivity index (χ3n) is 5.74. The van der Waals surface area contributed by atoms with E-state index < -0.39 is 21.9 Å². The molecule has 2 aromatic carbocycles. The van der Waals surface area contributed by atoms with Crippen LogP contribution >= 0.6 is 0 Å². The van der Waals surface area contributed by atoms with Crippen LogP contribution in [0, 0.1) is 11.7 Å². The Bertz CT molecular complexity index is 1140. The number of ether oxygens (including phenoxy) is 1. The lowest BCUT2D eigenvalue weighted by Gasteiger charge is -2.29. The highest BCUT2D eigenvalue weighted by Gasteiger charge is 2.27. The summed E-state index contributed by atoms with van der Waals surface area (Å²) < 4.78 is 45.9. The molecule has 0 fully saturated rings. The van der Waals surface area contributed by atoms with Gasteiger partial charge in [0.1, 0.15) is 17.6 Å². The zero-order valence-electron chi connectivity index (χ0n) is 22.2. The molecule has 1 N–H and O–H groups in total. The van der Waals surface area contributed by atoms with Gasteiger partial charge in [-0.2, -0.15) is 0 Å². The quantitative estimate of drug-likeness (QED) is 0.395. The van der Waals surface area contributed by atoms with Crippen molar-refractivity contribution in [2.75, 3.05) is 30.3 Å². The molecule has 2 amide bonds. The van der Waals surface area contributed by atoms with Crippen LogP contribution in [0.4, 0.5) is 10.1 Å². The van der Waals surface area contributed by atoms with Gasteiger partial charge in [0.2, 0.25) is 21.8 Å². The van der Waals surface area contributed by atoms with Crippen molar-refractivity contribution in [2.45, 2.75) is 53.1 Å². The van der Waals surface area contributed by atoms with E-state index in [1.807, 2.05) is 20.8 Å². The Morgan fingerprint density at radius 2 is 1.70 bits per heavy atom. The van der Waals surface area contributed by atoms with Crippen molar-refractivity contribution in [1.29, 1.82) is 0 Å². The second kappa shape index (κ2) is 14.0. The maximum absolute atomic E-state index is 14.4. The number of anilines is 1. The van der Waals surface area contributed by atoms with E-state index in [0.717, 1.165) is 6.26 Å². The van der Waals surface area contributed by atoms with Crippen molar-refractivity contribution >= 4 is 27.5 Å². The van der Waals surface area contributed by atoms with Crippen LogP contribution in [0.3, 0.4) is 0 Å². The van der Waals surface area contributed by atoms with Crippen molar-refractivity contribution in [2.24, 2.45) is 5.92 Å². The number of sulfonamides is 1. The van der Waals surface area contributed by atoms with Crippen LogP contribution in [0.25, 0.3) is 0 Å². The van der Waals surface area contributed by atoms with Crippen LogP contribution in [-0.2, 0) is 26.2 Å². The van der Waals surface area contributed by atoms with E-state index in [9.17, 15) is 22.4 Å². The number of amides is 2. The first kappa shape index (κ1) is 30.1. The second-order valence-electron chi connectivity index (χ2n) is 9.29. The maximum atomic E-state index is 14.4. The maximum Gasteiger partial charge on any atom is 0.242 e. The van der Waals surface area contributed by atoms with E-state index in [4.69, 9.17) is 4.74 Å². The molecule has 0 aliphatic rings. The molecule has 204 valence electrons. The molecule has 1 atom stereocenters. The van der Waals surface area contributed by atoms with Gasteiger partial charge in [-0.25, -0.2) is 12.8 Å². The van der Waals surface area contributed by atoms with Crippen molar-refractivity contribution in [1.82, 2.24) is 10.2 Å². The van der Waals surface area contributed by atoms with Crippen LogP contribution in [0.2, 0.25) is 0 Å². The molecule has 0 unspecified atom stereocenters. The van der Waals surface area contributed by atoms with E-state index >= 15 is 0 Å². The molecule has 0 saturated carbocycles. The third-order valence-corrected chi connectivity index (χ3v) is 6.93. The molecule has 0 saturated heterocycles. The Balaban J connectivity index is 2.16. The highest BCUT2D eigenvalue weighted by atomic mass is 32.2. The van der Waals surface area contributed by atoms with Gasteiger partial charge in [-0.1, -0.05) is 32.0 Å². The van der Waals surface area contributed by atoms with Gasteiger partial charge >= 0.3 is 0 Å². The zero-order chi connectivity index (χ0) is 27.6. The predicted molar refractivity (Wildman–Crippen MR) is 143 cm³/mol. The summed E-state index contributed by atoms with van der Waals surface area (Å²) in [5.74, 6) is -0.296. The number of nitrogens with one attached hydrogen (secondary N) is 1. The van der Waals surface area contributed by atoms with Gasteiger partial charge in [0.15, 0.2) is 0 Å². The Morgan fingerprint density at radius 3 is 2.27 bits per heavy atom. The molecular formula is C27H38FN3O5S. The first-order valence-corrected chi connectivity index (χ1v) is 14.3. The summed E-state index contributed by atoms with van der Waals surface area (Å²) >= 11 is 0. The van der Waals surface area contributed by atoms with Gasteiger partial charge in [-0.15, -0.1) is 0 Å².